The highest BCUT2D eigenvalue weighted by atomic mass is 32.2. The standard InChI is InChI=1S/C26H33FN8OS/c1-18-14-21(29-25(28-18)34-9-4-19(27)16-34)22-17-35(32-30-22)23-3-2-20(31-37-13-12-36)15-24(23)33-10-7-26(5-6-26)8-11-33/h2-3,14-15,17,19,31,36H,4-13,16H2,1H3. The number of nitrogens with zero attached hydrogens (tertiary/aromatic N) is 7. The van der Waals surface area contributed by atoms with E-state index in [9.17, 15) is 4.39 Å². The van der Waals surface area contributed by atoms with Gasteiger partial charge in [-0.3, -0.25) is 0 Å². The van der Waals surface area contributed by atoms with E-state index in [4.69, 9.17) is 10.1 Å². The van der Waals surface area contributed by atoms with E-state index in [0.717, 1.165) is 35.8 Å². The highest BCUT2D eigenvalue weighted by molar-refractivity contribution is 8.00. The smallest absolute Gasteiger partial charge is 0.226 e. The van der Waals surface area contributed by atoms with Crippen LogP contribution >= 0.6 is 11.9 Å². The van der Waals surface area contributed by atoms with Crippen LogP contribution in [0.1, 0.15) is 37.8 Å². The molecule has 2 N–H and O–H groups in total. The largest absolute Gasteiger partial charge is 0.395 e. The molecule has 3 aromatic rings. The second-order valence-electron chi connectivity index (χ2n) is 10.4. The molecule has 196 valence electrons. The molecule has 0 amide bonds. The van der Waals surface area contributed by atoms with Gasteiger partial charge in [-0.05, 0) is 68.7 Å². The SMILES string of the molecule is Cc1cc(-c2cn(-c3ccc(NSCCO)cc3N3CCC4(CC3)CC4)nn2)nc(N2CCC(F)C2)n1. The number of rotatable bonds is 8. The predicted molar refractivity (Wildman–Crippen MR) is 145 cm³/mol. The van der Waals surface area contributed by atoms with Gasteiger partial charge in [0, 0.05) is 36.8 Å². The first-order chi connectivity index (χ1) is 18.0. The maximum atomic E-state index is 13.8. The van der Waals surface area contributed by atoms with Crippen LogP contribution in [0, 0.1) is 12.3 Å². The minimum Gasteiger partial charge on any atom is -0.395 e. The van der Waals surface area contributed by atoms with E-state index in [1.54, 1.807) is 0 Å². The molecule has 3 fully saturated rings. The quantitative estimate of drug-likeness (QED) is 0.335. The average Bonchev–Trinajstić information content (AvgIpc) is 3.28. The molecule has 0 radical (unpaired) electrons. The first kappa shape index (κ1) is 24.4. The van der Waals surface area contributed by atoms with Crippen LogP contribution in [-0.2, 0) is 0 Å². The number of piperidine rings is 1. The molecule has 11 heteroatoms. The fourth-order valence-corrected chi connectivity index (χ4v) is 5.82. The Labute approximate surface area is 220 Å². The lowest BCUT2D eigenvalue weighted by Gasteiger charge is -2.35. The third kappa shape index (κ3) is 5.24. The van der Waals surface area contributed by atoms with E-state index in [2.05, 4.69) is 37.1 Å². The van der Waals surface area contributed by atoms with Gasteiger partial charge in [-0.1, -0.05) is 17.2 Å². The molecule has 0 bridgehead atoms. The van der Waals surface area contributed by atoms with E-state index in [0.29, 0.717) is 48.0 Å². The van der Waals surface area contributed by atoms with Gasteiger partial charge < -0.3 is 19.6 Å². The number of nitrogens with one attached hydrogen (secondary N) is 1. The molecular weight excluding hydrogens is 491 g/mol. The van der Waals surface area contributed by atoms with Crippen molar-refractivity contribution in [3.8, 4) is 17.1 Å². The minimum atomic E-state index is -0.837. The number of alkyl halides is 1. The van der Waals surface area contributed by atoms with Gasteiger partial charge >= 0.3 is 0 Å². The number of aliphatic hydroxyl groups is 1. The van der Waals surface area contributed by atoms with E-state index >= 15 is 0 Å². The monoisotopic (exact) mass is 524 g/mol. The zero-order valence-corrected chi connectivity index (χ0v) is 21.9. The van der Waals surface area contributed by atoms with Crippen molar-refractivity contribution in [2.75, 3.05) is 53.1 Å². The number of anilines is 3. The molecule has 4 heterocycles. The number of halogens is 1. The number of benzene rings is 1. The molecule has 2 aliphatic heterocycles. The van der Waals surface area contributed by atoms with Crippen LogP contribution in [0.15, 0.2) is 30.5 Å². The van der Waals surface area contributed by atoms with Gasteiger partial charge in [-0.2, -0.15) is 0 Å². The van der Waals surface area contributed by atoms with Crippen LogP contribution in [0.2, 0.25) is 0 Å². The summed E-state index contributed by atoms with van der Waals surface area (Å²) in [7, 11) is 0. The van der Waals surface area contributed by atoms with Crippen molar-refractivity contribution in [3.05, 3.63) is 36.2 Å². The van der Waals surface area contributed by atoms with Crippen LogP contribution in [-0.4, -0.2) is 74.8 Å². The summed E-state index contributed by atoms with van der Waals surface area (Å²) in [4.78, 5) is 13.6. The van der Waals surface area contributed by atoms with Crippen LogP contribution in [0.5, 0.6) is 0 Å². The molecule has 1 atom stereocenters. The lowest BCUT2D eigenvalue weighted by Crippen LogP contribution is -2.35. The van der Waals surface area contributed by atoms with Crippen molar-refractivity contribution in [1.29, 1.82) is 0 Å². The summed E-state index contributed by atoms with van der Waals surface area (Å²) in [6.45, 7) is 5.06. The molecular formula is C26H33FN8OS. The van der Waals surface area contributed by atoms with Gasteiger partial charge in [0.2, 0.25) is 5.95 Å². The Balaban J connectivity index is 1.29. The van der Waals surface area contributed by atoms with Crippen molar-refractivity contribution < 1.29 is 9.50 Å². The Kier molecular flexibility index (Phi) is 6.66. The van der Waals surface area contributed by atoms with Crippen LogP contribution in [0.25, 0.3) is 17.1 Å². The van der Waals surface area contributed by atoms with Crippen LogP contribution in [0.4, 0.5) is 21.7 Å². The molecule has 9 nitrogen and oxygen atoms in total. The molecule has 1 aromatic carbocycles. The maximum Gasteiger partial charge on any atom is 0.226 e. The van der Waals surface area contributed by atoms with Crippen LogP contribution < -0.4 is 14.5 Å². The second-order valence-corrected chi connectivity index (χ2v) is 11.3. The van der Waals surface area contributed by atoms with E-state index in [-0.39, 0.29) is 6.61 Å². The van der Waals surface area contributed by atoms with Gasteiger partial charge in [0.05, 0.1) is 36.4 Å². The highest BCUT2D eigenvalue weighted by Gasteiger charge is 2.44. The van der Waals surface area contributed by atoms with Gasteiger partial charge in [-0.25, -0.2) is 19.0 Å². The van der Waals surface area contributed by atoms with Gasteiger partial charge in [-0.15, -0.1) is 5.10 Å². The molecule has 2 saturated heterocycles. The summed E-state index contributed by atoms with van der Waals surface area (Å²) in [6, 6.07) is 8.16. The summed E-state index contributed by atoms with van der Waals surface area (Å²) in [5.41, 5.74) is 5.83. The minimum absolute atomic E-state index is 0.134. The molecule has 1 spiro atoms. The summed E-state index contributed by atoms with van der Waals surface area (Å²) in [5, 5.41) is 18.1. The number of aryl methyl sites for hydroxylation is 1. The van der Waals surface area contributed by atoms with Gasteiger partial charge in [0.1, 0.15) is 11.9 Å². The normalized spacial score (nSPS) is 20.6. The molecule has 1 aliphatic carbocycles. The van der Waals surface area contributed by atoms with Gasteiger partial charge in [0.25, 0.3) is 0 Å². The Morgan fingerprint density at radius 3 is 2.62 bits per heavy atom. The lowest BCUT2D eigenvalue weighted by molar-refractivity contribution is 0.322. The molecule has 37 heavy (non-hydrogen) atoms. The average molecular weight is 525 g/mol. The van der Waals surface area contributed by atoms with Gasteiger partial charge in [0.15, 0.2) is 0 Å². The molecule has 1 unspecified atom stereocenters. The number of aromatic nitrogens is 5. The summed E-state index contributed by atoms with van der Waals surface area (Å²) < 4.78 is 18.9. The van der Waals surface area contributed by atoms with E-state index < -0.39 is 6.17 Å². The summed E-state index contributed by atoms with van der Waals surface area (Å²) >= 11 is 1.49. The third-order valence-electron chi connectivity index (χ3n) is 7.74. The molecule has 1 saturated carbocycles. The molecule has 3 aliphatic rings. The number of hydrogen-bond acceptors (Lipinski definition) is 9. The predicted octanol–water partition coefficient (Wildman–Crippen LogP) is 4.01. The highest BCUT2D eigenvalue weighted by Crippen LogP contribution is 2.54. The fourth-order valence-electron chi connectivity index (χ4n) is 5.34. The summed E-state index contributed by atoms with van der Waals surface area (Å²) in [6.07, 6.45) is 6.76. The Hall–Kier alpha value is -2.92. The van der Waals surface area contributed by atoms with Crippen molar-refractivity contribution >= 4 is 29.3 Å². The van der Waals surface area contributed by atoms with Crippen molar-refractivity contribution in [1.82, 2.24) is 25.0 Å². The summed E-state index contributed by atoms with van der Waals surface area (Å²) in [5.74, 6) is 1.17. The lowest BCUT2D eigenvalue weighted by atomic mass is 9.93. The zero-order chi connectivity index (χ0) is 25.4. The molecule has 2 aromatic heterocycles. The topological polar surface area (TPSA) is 95.2 Å². The Bertz CT molecular complexity index is 1260. The fraction of sp³-hybridized carbons (Fsp3) is 0.538. The molecule has 6 rings (SSSR count). The van der Waals surface area contributed by atoms with Crippen molar-refractivity contribution in [3.63, 3.8) is 0 Å². The van der Waals surface area contributed by atoms with Crippen molar-refractivity contribution in [2.24, 2.45) is 5.41 Å². The van der Waals surface area contributed by atoms with E-state index in [1.807, 2.05) is 34.8 Å². The zero-order valence-electron chi connectivity index (χ0n) is 21.1. The first-order valence-electron chi connectivity index (χ1n) is 13.1. The maximum absolute atomic E-state index is 13.8. The van der Waals surface area contributed by atoms with E-state index in [1.165, 1.54) is 37.6 Å². The number of aliphatic hydroxyl groups excluding tert-OH is 1. The second kappa shape index (κ2) is 10.1. The first-order valence-corrected chi connectivity index (χ1v) is 14.1. The third-order valence-corrected chi connectivity index (χ3v) is 8.51. The van der Waals surface area contributed by atoms with Crippen LogP contribution in [0.3, 0.4) is 0 Å². The number of hydrogen-bond donors (Lipinski definition) is 2. The Morgan fingerprint density at radius 1 is 1.05 bits per heavy atom. The Morgan fingerprint density at radius 2 is 1.89 bits per heavy atom. The van der Waals surface area contributed by atoms with Crippen molar-refractivity contribution in [2.45, 2.75) is 45.2 Å².